The number of nitrogens with zero attached hydrogens (tertiary/aromatic N) is 1. The molecule has 2 atom stereocenters. The Kier molecular flexibility index (Phi) is 3.71. The highest BCUT2D eigenvalue weighted by atomic mass is 19.1. The highest BCUT2D eigenvalue weighted by Crippen LogP contribution is 2.29. The van der Waals surface area contributed by atoms with Crippen LogP contribution in [0.1, 0.15) is 18.9 Å². The van der Waals surface area contributed by atoms with Crippen LogP contribution in [0.3, 0.4) is 0 Å². The van der Waals surface area contributed by atoms with Crippen LogP contribution in [0.25, 0.3) is 0 Å². The molecule has 0 radical (unpaired) electrons. The zero-order valence-corrected chi connectivity index (χ0v) is 10.9. The number of halogens is 2. The lowest BCUT2D eigenvalue weighted by Crippen LogP contribution is -2.38. The van der Waals surface area contributed by atoms with Gasteiger partial charge >= 0.3 is 0 Å². The van der Waals surface area contributed by atoms with E-state index in [4.69, 9.17) is 15.9 Å². The van der Waals surface area contributed by atoms with E-state index in [1.807, 2.05) is 6.92 Å². The molecular formula is C13H17F2N3O. The quantitative estimate of drug-likeness (QED) is 0.650. The number of likely N-dealkylation sites (N-methyl/N-ethyl adjacent to an activating group) is 1. The van der Waals surface area contributed by atoms with Crippen LogP contribution in [0.5, 0.6) is 0 Å². The minimum absolute atomic E-state index is 0.0443. The highest BCUT2D eigenvalue weighted by molar-refractivity contribution is 5.95. The molecule has 3 N–H and O–H groups in total. The van der Waals surface area contributed by atoms with E-state index in [0.717, 1.165) is 18.6 Å². The standard InChI is InChI=1S/C13H17F2N3O/c1-7-11(3-4-19-7)18(2)12-9(14)5-8(13(16)17)6-10(12)15/h5-7,11H,3-4H2,1-2H3,(H3,16,17). The second-order valence-corrected chi connectivity index (χ2v) is 4.75. The molecule has 1 heterocycles. The van der Waals surface area contributed by atoms with Gasteiger partial charge in [-0.25, -0.2) is 8.78 Å². The topological polar surface area (TPSA) is 62.3 Å². The van der Waals surface area contributed by atoms with Crippen LogP contribution in [0.15, 0.2) is 12.1 Å². The van der Waals surface area contributed by atoms with Crippen molar-refractivity contribution in [1.82, 2.24) is 0 Å². The van der Waals surface area contributed by atoms with E-state index in [0.29, 0.717) is 6.61 Å². The Hall–Kier alpha value is -1.69. The fourth-order valence-corrected chi connectivity index (χ4v) is 2.45. The number of nitrogen functional groups attached to an aromatic ring is 1. The first-order valence-corrected chi connectivity index (χ1v) is 6.09. The Labute approximate surface area is 110 Å². The number of nitrogens with two attached hydrogens (primary N) is 1. The second-order valence-electron chi connectivity index (χ2n) is 4.75. The van der Waals surface area contributed by atoms with Gasteiger partial charge < -0.3 is 15.4 Å². The number of ether oxygens (including phenoxy) is 1. The number of benzene rings is 1. The largest absolute Gasteiger partial charge is 0.384 e. The zero-order chi connectivity index (χ0) is 14.2. The predicted molar refractivity (Wildman–Crippen MR) is 69.6 cm³/mol. The summed E-state index contributed by atoms with van der Waals surface area (Å²) in [5.41, 5.74) is 5.18. The summed E-state index contributed by atoms with van der Waals surface area (Å²) >= 11 is 0. The summed E-state index contributed by atoms with van der Waals surface area (Å²) in [7, 11) is 1.64. The maximum absolute atomic E-state index is 14.0. The van der Waals surface area contributed by atoms with Crippen molar-refractivity contribution >= 4 is 11.5 Å². The maximum atomic E-state index is 14.0. The van der Waals surface area contributed by atoms with Crippen molar-refractivity contribution in [3.05, 3.63) is 29.3 Å². The molecule has 1 aromatic carbocycles. The highest BCUT2D eigenvalue weighted by Gasteiger charge is 2.31. The third kappa shape index (κ3) is 2.53. The molecule has 1 saturated heterocycles. The van der Waals surface area contributed by atoms with E-state index in [1.165, 1.54) is 0 Å². The second kappa shape index (κ2) is 5.13. The Morgan fingerprint density at radius 1 is 1.42 bits per heavy atom. The van der Waals surface area contributed by atoms with E-state index in [2.05, 4.69) is 0 Å². The van der Waals surface area contributed by atoms with Crippen LogP contribution in [0.2, 0.25) is 0 Å². The van der Waals surface area contributed by atoms with Crippen molar-refractivity contribution in [1.29, 1.82) is 5.41 Å². The van der Waals surface area contributed by atoms with Gasteiger partial charge in [-0.2, -0.15) is 0 Å². The molecule has 0 aromatic heterocycles. The van der Waals surface area contributed by atoms with Gasteiger partial charge in [-0.1, -0.05) is 0 Å². The number of anilines is 1. The molecule has 1 aromatic rings. The van der Waals surface area contributed by atoms with Gasteiger partial charge in [0, 0.05) is 19.2 Å². The average Bonchev–Trinajstić information content (AvgIpc) is 2.74. The first-order valence-electron chi connectivity index (χ1n) is 6.09. The molecule has 19 heavy (non-hydrogen) atoms. The lowest BCUT2D eigenvalue weighted by atomic mass is 10.1. The first-order chi connectivity index (χ1) is 8.91. The van der Waals surface area contributed by atoms with Crippen molar-refractivity contribution in [2.24, 2.45) is 5.73 Å². The number of amidine groups is 1. The third-order valence-corrected chi connectivity index (χ3v) is 3.51. The van der Waals surface area contributed by atoms with E-state index in [1.54, 1.807) is 11.9 Å². The van der Waals surface area contributed by atoms with Gasteiger partial charge in [0.1, 0.15) is 23.2 Å². The molecule has 1 fully saturated rings. The lowest BCUT2D eigenvalue weighted by Gasteiger charge is -2.29. The van der Waals surface area contributed by atoms with Gasteiger partial charge in [-0.15, -0.1) is 0 Å². The van der Waals surface area contributed by atoms with Crippen LogP contribution < -0.4 is 10.6 Å². The van der Waals surface area contributed by atoms with Gasteiger partial charge in [-0.3, -0.25) is 5.41 Å². The van der Waals surface area contributed by atoms with Crippen LogP contribution in [0.4, 0.5) is 14.5 Å². The summed E-state index contributed by atoms with van der Waals surface area (Å²) in [6.07, 6.45) is 0.654. The molecule has 0 bridgehead atoms. The molecular weight excluding hydrogens is 252 g/mol. The summed E-state index contributed by atoms with van der Waals surface area (Å²) in [6.45, 7) is 2.47. The number of hydrogen-bond acceptors (Lipinski definition) is 3. The van der Waals surface area contributed by atoms with Gasteiger partial charge in [0.15, 0.2) is 0 Å². The molecule has 2 rings (SSSR count). The smallest absolute Gasteiger partial charge is 0.150 e. The molecule has 1 aliphatic rings. The van der Waals surface area contributed by atoms with Crippen LogP contribution in [-0.2, 0) is 4.74 Å². The van der Waals surface area contributed by atoms with Crippen molar-refractivity contribution in [2.75, 3.05) is 18.6 Å². The monoisotopic (exact) mass is 269 g/mol. The molecule has 0 aliphatic carbocycles. The molecule has 0 spiro atoms. The Bertz CT molecular complexity index is 484. The Balaban J connectivity index is 2.37. The SMILES string of the molecule is CC1OCCC1N(C)c1c(F)cc(C(=N)N)cc1F. The minimum Gasteiger partial charge on any atom is -0.384 e. The van der Waals surface area contributed by atoms with E-state index in [9.17, 15) is 8.78 Å². The van der Waals surface area contributed by atoms with Gasteiger partial charge in [0.05, 0.1) is 12.1 Å². The summed E-state index contributed by atoms with van der Waals surface area (Å²) in [5, 5.41) is 7.22. The number of nitrogens with one attached hydrogen (secondary N) is 1. The minimum atomic E-state index is -0.716. The van der Waals surface area contributed by atoms with E-state index in [-0.39, 0.29) is 29.2 Å². The molecule has 6 heteroatoms. The molecule has 1 aliphatic heterocycles. The molecule has 4 nitrogen and oxygen atoms in total. The van der Waals surface area contributed by atoms with E-state index < -0.39 is 11.6 Å². The van der Waals surface area contributed by atoms with Gasteiger partial charge in [-0.05, 0) is 25.5 Å². The zero-order valence-electron chi connectivity index (χ0n) is 10.9. The van der Waals surface area contributed by atoms with Crippen molar-refractivity contribution < 1.29 is 13.5 Å². The average molecular weight is 269 g/mol. The normalized spacial score (nSPS) is 22.5. The summed E-state index contributed by atoms with van der Waals surface area (Å²) < 4.78 is 33.5. The number of rotatable bonds is 3. The third-order valence-electron chi connectivity index (χ3n) is 3.51. The summed E-state index contributed by atoms with van der Waals surface area (Å²) in [4.78, 5) is 1.56. The molecule has 0 amide bonds. The number of hydrogen-bond donors (Lipinski definition) is 2. The summed E-state index contributed by atoms with van der Waals surface area (Å²) in [6, 6.07) is 2.10. The van der Waals surface area contributed by atoms with E-state index >= 15 is 0 Å². The fourth-order valence-electron chi connectivity index (χ4n) is 2.45. The van der Waals surface area contributed by atoms with Gasteiger partial charge in [0.25, 0.3) is 0 Å². The molecule has 0 saturated carbocycles. The van der Waals surface area contributed by atoms with Gasteiger partial charge in [0.2, 0.25) is 0 Å². The fraction of sp³-hybridized carbons (Fsp3) is 0.462. The maximum Gasteiger partial charge on any atom is 0.150 e. The molecule has 2 unspecified atom stereocenters. The van der Waals surface area contributed by atoms with Crippen molar-refractivity contribution in [3.8, 4) is 0 Å². The van der Waals surface area contributed by atoms with Crippen LogP contribution in [-0.4, -0.2) is 31.6 Å². The lowest BCUT2D eigenvalue weighted by molar-refractivity contribution is 0.118. The first kappa shape index (κ1) is 13.7. The van der Waals surface area contributed by atoms with Crippen molar-refractivity contribution in [3.63, 3.8) is 0 Å². The van der Waals surface area contributed by atoms with Crippen LogP contribution in [0, 0.1) is 17.0 Å². The van der Waals surface area contributed by atoms with Crippen LogP contribution >= 0.6 is 0 Å². The van der Waals surface area contributed by atoms with Crippen molar-refractivity contribution in [2.45, 2.75) is 25.5 Å². The molecule has 104 valence electrons. The summed E-state index contributed by atoms with van der Waals surface area (Å²) in [5.74, 6) is -1.79. The Morgan fingerprint density at radius 3 is 2.42 bits per heavy atom. The Morgan fingerprint density at radius 2 is 2.00 bits per heavy atom. The predicted octanol–water partition coefficient (Wildman–Crippen LogP) is 1.86.